The lowest BCUT2D eigenvalue weighted by Gasteiger charge is -2.03. The number of carbonyl (C=O) groups excluding carboxylic acids is 1. The highest BCUT2D eigenvalue weighted by molar-refractivity contribution is 8.00. The molecule has 0 saturated heterocycles. The van der Waals surface area contributed by atoms with Crippen molar-refractivity contribution in [2.75, 3.05) is 16.8 Å². The number of aryl methyl sites for hydroxylation is 1. The summed E-state index contributed by atoms with van der Waals surface area (Å²) < 4.78 is 0. The lowest BCUT2D eigenvalue weighted by Crippen LogP contribution is -2.15. The highest BCUT2D eigenvalue weighted by Crippen LogP contribution is 2.05. The van der Waals surface area contributed by atoms with E-state index in [1.54, 1.807) is 18.3 Å². The first kappa shape index (κ1) is 11.8. The molecule has 15 heavy (non-hydrogen) atoms. The third-order valence-corrected chi connectivity index (χ3v) is 2.59. The number of rotatable bonds is 5. The van der Waals surface area contributed by atoms with Crippen LogP contribution in [0.15, 0.2) is 31.0 Å². The number of aromatic nitrogens is 1. The van der Waals surface area contributed by atoms with Crippen LogP contribution in [0.5, 0.6) is 0 Å². The zero-order chi connectivity index (χ0) is 11.1. The fourth-order valence-corrected chi connectivity index (χ4v) is 1.50. The van der Waals surface area contributed by atoms with Gasteiger partial charge in [-0.1, -0.05) is 12.1 Å². The molecule has 0 aliphatic carbocycles. The number of nitrogens with zero attached hydrogens (tertiary/aromatic N) is 1. The first-order chi connectivity index (χ1) is 7.22. The molecule has 1 rings (SSSR count). The van der Waals surface area contributed by atoms with E-state index in [4.69, 9.17) is 0 Å². The fraction of sp³-hybridized carbons (Fsp3) is 0.273. The van der Waals surface area contributed by atoms with Gasteiger partial charge in [0.05, 0.1) is 5.75 Å². The van der Waals surface area contributed by atoms with Crippen LogP contribution in [-0.4, -0.2) is 22.4 Å². The summed E-state index contributed by atoms with van der Waals surface area (Å²) >= 11 is 1.53. The summed E-state index contributed by atoms with van der Waals surface area (Å²) in [5.74, 6) is 1.79. The molecular weight excluding hydrogens is 208 g/mol. The number of amides is 1. The summed E-state index contributed by atoms with van der Waals surface area (Å²) in [5.41, 5.74) is 1.08. The molecule has 1 aromatic heterocycles. The first-order valence-electron chi connectivity index (χ1n) is 4.63. The van der Waals surface area contributed by atoms with E-state index in [1.807, 2.05) is 13.0 Å². The Morgan fingerprint density at radius 3 is 3.07 bits per heavy atom. The van der Waals surface area contributed by atoms with Crippen molar-refractivity contribution in [1.82, 2.24) is 4.98 Å². The van der Waals surface area contributed by atoms with Crippen molar-refractivity contribution in [3.8, 4) is 0 Å². The lowest BCUT2D eigenvalue weighted by molar-refractivity contribution is -0.113. The molecule has 80 valence electrons. The monoisotopic (exact) mass is 222 g/mol. The Morgan fingerprint density at radius 1 is 1.67 bits per heavy atom. The van der Waals surface area contributed by atoms with E-state index in [0.29, 0.717) is 11.6 Å². The van der Waals surface area contributed by atoms with E-state index in [0.717, 1.165) is 11.3 Å². The summed E-state index contributed by atoms with van der Waals surface area (Å²) in [6, 6.07) is 3.71. The number of pyridine rings is 1. The second-order valence-electron chi connectivity index (χ2n) is 3.07. The summed E-state index contributed by atoms with van der Waals surface area (Å²) in [4.78, 5) is 15.5. The van der Waals surface area contributed by atoms with E-state index >= 15 is 0 Å². The van der Waals surface area contributed by atoms with Gasteiger partial charge in [-0.15, -0.1) is 18.3 Å². The SMILES string of the molecule is C=CCSCC(=O)Nc1ccc(C)cn1. The van der Waals surface area contributed by atoms with Crippen LogP contribution >= 0.6 is 11.8 Å². The highest BCUT2D eigenvalue weighted by Gasteiger charge is 2.01. The van der Waals surface area contributed by atoms with Crippen LogP contribution in [0.3, 0.4) is 0 Å². The highest BCUT2D eigenvalue weighted by atomic mass is 32.2. The van der Waals surface area contributed by atoms with Gasteiger partial charge in [-0.3, -0.25) is 4.79 Å². The number of hydrogen-bond acceptors (Lipinski definition) is 3. The number of carbonyl (C=O) groups is 1. The summed E-state index contributed by atoms with van der Waals surface area (Å²) in [7, 11) is 0. The third-order valence-electron chi connectivity index (χ3n) is 1.65. The Kier molecular flexibility index (Phi) is 4.90. The fourth-order valence-electron chi connectivity index (χ4n) is 0.956. The summed E-state index contributed by atoms with van der Waals surface area (Å²) in [5, 5.41) is 2.72. The van der Waals surface area contributed by atoms with Crippen LogP contribution < -0.4 is 5.32 Å². The van der Waals surface area contributed by atoms with Gasteiger partial charge in [0.2, 0.25) is 5.91 Å². The van der Waals surface area contributed by atoms with Crippen LogP contribution in [0.25, 0.3) is 0 Å². The number of anilines is 1. The first-order valence-corrected chi connectivity index (χ1v) is 5.79. The molecule has 0 aliphatic rings. The zero-order valence-electron chi connectivity index (χ0n) is 8.69. The van der Waals surface area contributed by atoms with Crippen LogP contribution in [-0.2, 0) is 4.79 Å². The van der Waals surface area contributed by atoms with Gasteiger partial charge in [0.1, 0.15) is 5.82 Å². The number of nitrogens with one attached hydrogen (secondary N) is 1. The maximum absolute atomic E-state index is 11.4. The molecule has 1 heterocycles. The maximum atomic E-state index is 11.4. The van der Waals surface area contributed by atoms with E-state index in [9.17, 15) is 4.79 Å². The quantitative estimate of drug-likeness (QED) is 0.613. The largest absolute Gasteiger partial charge is 0.310 e. The maximum Gasteiger partial charge on any atom is 0.235 e. The standard InChI is InChI=1S/C11H14N2OS/c1-3-6-15-8-11(14)13-10-5-4-9(2)7-12-10/h3-5,7H,1,6,8H2,2H3,(H,12,13,14). The minimum Gasteiger partial charge on any atom is -0.310 e. The van der Waals surface area contributed by atoms with Gasteiger partial charge in [-0.05, 0) is 18.6 Å². The molecule has 1 N–H and O–H groups in total. The third kappa shape index (κ3) is 4.65. The molecule has 4 heteroatoms. The molecule has 0 aliphatic heterocycles. The average molecular weight is 222 g/mol. The Hall–Kier alpha value is -1.29. The van der Waals surface area contributed by atoms with Gasteiger partial charge in [0.15, 0.2) is 0 Å². The molecule has 0 spiro atoms. The predicted molar refractivity (Wildman–Crippen MR) is 65.1 cm³/mol. The molecule has 0 fully saturated rings. The van der Waals surface area contributed by atoms with Crippen molar-refractivity contribution < 1.29 is 4.79 Å². The molecule has 0 aromatic carbocycles. The van der Waals surface area contributed by atoms with E-state index in [-0.39, 0.29) is 5.91 Å². The van der Waals surface area contributed by atoms with Gasteiger partial charge >= 0.3 is 0 Å². The van der Waals surface area contributed by atoms with E-state index in [1.165, 1.54) is 11.8 Å². The molecule has 0 atom stereocenters. The molecule has 0 saturated carbocycles. The Bertz CT molecular complexity index is 335. The van der Waals surface area contributed by atoms with E-state index < -0.39 is 0 Å². The molecule has 1 amide bonds. The van der Waals surface area contributed by atoms with Crippen molar-refractivity contribution in [2.45, 2.75) is 6.92 Å². The minimum atomic E-state index is -0.0294. The summed E-state index contributed by atoms with van der Waals surface area (Å²) in [6.07, 6.45) is 3.51. The smallest absolute Gasteiger partial charge is 0.235 e. The predicted octanol–water partition coefficient (Wildman–Crippen LogP) is 2.25. The average Bonchev–Trinajstić information content (AvgIpc) is 2.22. The van der Waals surface area contributed by atoms with Crippen LogP contribution in [0.1, 0.15) is 5.56 Å². The summed E-state index contributed by atoms with van der Waals surface area (Å²) in [6.45, 7) is 5.54. The zero-order valence-corrected chi connectivity index (χ0v) is 9.51. The van der Waals surface area contributed by atoms with Crippen molar-refractivity contribution in [3.63, 3.8) is 0 Å². The van der Waals surface area contributed by atoms with Crippen molar-refractivity contribution in [3.05, 3.63) is 36.5 Å². The van der Waals surface area contributed by atoms with E-state index in [2.05, 4.69) is 16.9 Å². The molecule has 1 aromatic rings. The van der Waals surface area contributed by atoms with Crippen molar-refractivity contribution in [2.24, 2.45) is 0 Å². The second kappa shape index (κ2) is 6.24. The molecule has 0 radical (unpaired) electrons. The topological polar surface area (TPSA) is 42.0 Å². The Labute approximate surface area is 94.0 Å². The molecule has 3 nitrogen and oxygen atoms in total. The molecular formula is C11H14N2OS. The Balaban J connectivity index is 2.37. The second-order valence-corrected chi connectivity index (χ2v) is 4.10. The molecule has 0 unspecified atom stereocenters. The normalized spacial score (nSPS) is 9.67. The molecule has 0 bridgehead atoms. The van der Waals surface area contributed by atoms with Crippen LogP contribution in [0.2, 0.25) is 0 Å². The van der Waals surface area contributed by atoms with Crippen LogP contribution in [0, 0.1) is 6.92 Å². The number of hydrogen-bond donors (Lipinski definition) is 1. The van der Waals surface area contributed by atoms with Gasteiger partial charge in [-0.2, -0.15) is 0 Å². The van der Waals surface area contributed by atoms with Gasteiger partial charge < -0.3 is 5.32 Å². The lowest BCUT2D eigenvalue weighted by atomic mass is 10.3. The van der Waals surface area contributed by atoms with Gasteiger partial charge in [-0.25, -0.2) is 4.98 Å². The van der Waals surface area contributed by atoms with Gasteiger partial charge in [0, 0.05) is 11.9 Å². The number of thioether (sulfide) groups is 1. The van der Waals surface area contributed by atoms with Crippen LogP contribution in [0.4, 0.5) is 5.82 Å². The van der Waals surface area contributed by atoms with Crippen molar-refractivity contribution >= 4 is 23.5 Å². The van der Waals surface area contributed by atoms with Crippen molar-refractivity contribution in [1.29, 1.82) is 0 Å². The Morgan fingerprint density at radius 2 is 2.47 bits per heavy atom. The minimum absolute atomic E-state index is 0.0294. The van der Waals surface area contributed by atoms with Gasteiger partial charge in [0.25, 0.3) is 0 Å².